The Labute approximate surface area is 163 Å². The number of ether oxygens (including phenoxy) is 1. The van der Waals surface area contributed by atoms with Crippen molar-refractivity contribution in [2.45, 2.75) is 64.5 Å². The highest BCUT2D eigenvalue weighted by Gasteiger charge is 2.27. The number of nitrogens with zero attached hydrogens (tertiary/aromatic N) is 1. The Kier molecular flexibility index (Phi) is 7.64. The van der Waals surface area contributed by atoms with Crippen molar-refractivity contribution in [2.24, 2.45) is 15.4 Å². The average molecular weight is 424 g/mol. The van der Waals surface area contributed by atoms with E-state index in [1.165, 1.54) is 16.7 Å². The lowest BCUT2D eigenvalue weighted by Crippen LogP contribution is -2.44. The van der Waals surface area contributed by atoms with Crippen molar-refractivity contribution in [1.82, 2.24) is 5.32 Å². The van der Waals surface area contributed by atoms with Crippen LogP contribution in [0.15, 0.2) is 14.6 Å². The molecule has 0 spiro atoms. The molecule has 1 rings (SSSR count). The topological polar surface area (TPSA) is 111 Å². The molecular weight excluding hydrogens is 398 g/mol. The second-order valence-electron chi connectivity index (χ2n) is 7.33. The first-order valence-electron chi connectivity index (χ1n) is 8.05. The van der Waals surface area contributed by atoms with Gasteiger partial charge in [-0.2, -0.15) is 0 Å². The highest BCUT2D eigenvalue weighted by atomic mass is 35.5. The van der Waals surface area contributed by atoms with E-state index in [4.69, 9.17) is 21.5 Å². The quantitative estimate of drug-likeness (QED) is 0.748. The zero-order valence-electron chi connectivity index (χ0n) is 15.8. The minimum absolute atomic E-state index is 0.0836. The number of nitrogens with two attached hydrogens (primary N) is 1. The number of carbonyl (C=O) groups excluding carboxylic acids is 2. The van der Waals surface area contributed by atoms with Crippen LogP contribution in [0, 0.1) is 12.8 Å². The van der Waals surface area contributed by atoms with Crippen LogP contribution in [-0.4, -0.2) is 27.9 Å². The fraction of sp³-hybridized carbons (Fsp3) is 0.625. The number of thiophene rings is 1. The largest absolute Gasteiger partial charge is 0.444 e. The van der Waals surface area contributed by atoms with Crippen LogP contribution < -0.4 is 10.5 Å². The molecule has 0 fully saturated rings. The van der Waals surface area contributed by atoms with Crippen molar-refractivity contribution in [3.63, 3.8) is 0 Å². The molecule has 1 unspecified atom stereocenters. The zero-order chi connectivity index (χ0) is 20.3. The lowest BCUT2D eigenvalue weighted by Gasteiger charge is -2.23. The van der Waals surface area contributed by atoms with E-state index in [9.17, 15) is 13.8 Å². The lowest BCUT2D eigenvalue weighted by atomic mass is 10.0. The Balaban J connectivity index is 3.10. The molecule has 148 valence electrons. The van der Waals surface area contributed by atoms with Gasteiger partial charge in [0.2, 0.25) is 0 Å². The van der Waals surface area contributed by atoms with Crippen LogP contribution in [-0.2, 0) is 19.4 Å². The van der Waals surface area contributed by atoms with Gasteiger partial charge in [-0.25, -0.2) is 14.1 Å². The Morgan fingerprint density at radius 3 is 2.42 bits per heavy atom. The summed E-state index contributed by atoms with van der Waals surface area (Å²) >= 11 is 7.14. The van der Waals surface area contributed by atoms with E-state index in [-0.39, 0.29) is 10.8 Å². The van der Waals surface area contributed by atoms with E-state index in [0.717, 1.165) is 0 Å². The zero-order valence-corrected chi connectivity index (χ0v) is 18.2. The monoisotopic (exact) mass is 423 g/mol. The second kappa shape index (κ2) is 8.69. The molecule has 7 nitrogen and oxygen atoms in total. The van der Waals surface area contributed by atoms with Gasteiger partial charge in [0.15, 0.2) is 0 Å². The van der Waals surface area contributed by atoms with E-state index in [2.05, 4.69) is 9.68 Å². The highest BCUT2D eigenvalue weighted by Crippen LogP contribution is 2.30. The molecule has 26 heavy (non-hydrogen) atoms. The number of alkyl carbamates (subject to hydrolysis) is 1. The molecule has 2 amide bonds. The van der Waals surface area contributed by atoms with Crippen molar-refractivity contribution in [3.05, 3.63) is 15.3 Å². The number of hydrogen-bond donors (Lipinski definition) is 2. The molecule has 1 aromatic rings. The summed E-state index contributed by atoms with van der Waals surface area (Å²) in [5.41, 5.74) is -0.181. The van der Waals surface area contributed by atoms with Crippen LogP contribution >= 0.6 is 22.9 Å². The third-order valence-corrected chi connectivity index (χ3v) is 6.24. The molecule has 0 radical (unpaired) electrons. The number of nitrogens with one attached hydrogen (secondary N) is 1. The number of amides is 2. The van der Waals surface area contributed by atoms with E-state index in [0.29, 0.717) is 16.3 Å². The van der Waals surface area contributed by atoms with Crippen LogP contribution in [0.4, 0.5) is 4.79 Å². The first-order chi connectivity index (χ1) is 11.7. The predicted molar refractivity (Wildman–Crippen MR) is 105 cm³/mol. The summed E-state index contributed by atoms with van der Waals surface area (Å²) in [4.78, 5) is 24.8. The Morgan fingerprint density at radius 2 is 2.00 bits per heavy atom. The van der Waals surface area contributed by atoms with Gasteiger partial charge in [-0.3, -0.25) is 4.79 Å². The third-order valence-electron chi connectivity index (χ3n) is 3.17. The van der Waals surface area contributed by atoms with Gasteiger partial charge in [0, 0.05) is 5.38 Å². The Hall–Kier alpha value is -1.16. The van der Waals surface area contributed by atoms with Crippen LogP contribution in [0.5, 0.6) is 0 Å². The summed E-state index contributed by atoms with van der Waals surface area (Å²) < 4.78 is 22.0. The smallest absolute Gasteiger partial charge is 0.408 e. The molecule has 0 saturated carbocycles. The summed E-state index contributed by atoms with van der Waals surface area (Å²) in [5, 5.41) is 9.81. The molecule has 3 N–H and O–H groups in total. The molecule has 0 aliphatic carbocycles. The van der Waals surface area contributed by atoms with Crippen LogP contribution in [0.25, 0.3) is 0 Å². The molecule has 0 bridgehead atoms. The maximum atomic E-state index is 12.7. The van der Waals surface area contributed by atoms with Gasteiger partial charge in [0.1, 0.15) is 21.6 Å². The van der Waals surface area contributed by atoms with Gasteiger partial charge in [-0.1, -0.05) is 25.4 Å². The first kappa shape index (κ1) is 22.9. The SMILES string of the molecule is Cc1c(S(N)(=O)=NC(=O)[C@H](CC(C)C)NC(=O)OC(C)(C)C)csc1Cl. The fourth-order valence-electron chi connectivity index (χ4n) is 2.06. The number of halogens is 1. The molecule has 1 heterocycles. The van der Waals surface area contributed by atoms with Gasteiger partial charge < -0.3 is 10.1 Å². The Morgan fingerprint density at radius 1 is 1.42 bits per heavy atom. The summed E-state index contributed by atoms with van der Waals surface area (Å²) in [6.45, 7) is 10.6. The summed E-state index contributed by atoms with van der Waals surface area (Å²) in [5.74, 6) is -0.681. The van der Waals surface area contributed by atoms with Crippen LogP contribution in [0.1, 0.15) is 46.6 Å². The molecule has 1 aromatic heterocycles. The molecule has 0 saturated heterocycles. The normalized spacial score (nSPS) is 15.3. The molecule has 0 aliphatic rings. The molecule has 0 aromatic carbocycles. The fourth-order valence-corrected chi connectivity index (χ4v) is 4.82. The number of carbonyl (C=O) groups is 2. The highest BCUT2D eigenvalue weighted by molar-refractivity contribution is 7.92. The summed E-state index contributed by atoms with van der Waals surface area (Å²) in [6.07, 6.45) is -0.439. The van der Waals surface area contributed by atoms with Gasteiger partial charge >= 0.3 is 6.09 Å². The van der Waals surface area contributed by atoms with Crippen molar-refractivity contribution >= 4 is 44.9 Å². The van der Waals surface area contributed by atoms with E-state index < -0.39 is 33.6 Å². The van der Waals surface area contributed by atoms with Crippen molar-refractivity contribution in [1.29, 1.82) is 0 Å². The lowest BCUT2D eigenvalue weighted by molar-refractivity contribution is -0.120. The van der Waals surface area contributed by atoms with Gasteiger partial charge in [-0.15, -0.1) is 15.7 Å². The molecule has 2 atom stereocenters. The van der Waals surface area contributed by atoms with E-state index in [1.54, 1.807) is 27.7 Å². The minimum Gasteiger partial charge on any atom is -0.444 e. The van der Waals surface area contributed by atoms with Crippen molar-refractivity contribution in [2.75, 3.05) is 0 Å². The van der Waals surface area contributed by atoms with E-state index in [1.807, 2.05) is 13.8 Å². The molecule has 10 heteroatoms. The van der Waals surface area contributed by atoms with Crippen molar-refractivity contribution < 1.29 is 18.5 Å². The van der Waals surface area contributed by atoms with Crippen molar-refractivity contribution in [3.8, 4) is 0 Å². The van der Waals surface area contributed by atoms with Crippen LogP contribution in [0.3, 0.4) is 0 Å². The van der Waals surface area contributed by atoms with Gasteiger partial charge in [0.05, 0.1) is 9.23 Å². The van der Waals surface area contributed by atoms with E-state index >= 15 is 0 Å². The standard InChI is InChI=1S/C16H26ClN3O4S2/c1-9(2)7-11(19-15(22)24-16(4,5)6)14(21)20-26(18,23)12-8-25-13(17)10(12)3/h8-9,11H,7H2,1-6H3,(H,19,22)(H2,18,20,21,23)/t11-,26?/m0/s1. The summed E-state index contributed by atoms with van der Waals surface area (Å²) in [6, 6.07) is -0.983. The molecule has 0 aliphatic heterocycles. The number of rotatable bonds is 5. The van der Waals surface area contributed by atoms with Crippen LogP contribution in [0.2, 0.25) is 4.34 Å². The third kappa shape index (κ3) is 6.86. The predicted octanol–water partition coefficient (Wildman–Crippen LogP) is 3.88. The maximum Gasteiger partial charge on any atom is 0.408 e. The first-order valence-corrected chi connectivity index (χ1v) is 10.9. The Bertz CT molecular complexity index is 790. The van der Waals surface area contributed by atoms with Gasteiger partial charge in [0.25, 0.3) is 5.91 Å². The van der Waals surface area contributed by atoms with Gasteiger partial charge in [-0.05, 0) is 45.6 Å². The second-order valence-corrected chi connectivity index (χ2v) is 10.6. The number of hydrogen-bond acceptors (Lipinski definition) is 5. The average Bonchev–Trinajstić information content (AvgIpc) is 2.75. The minimum atomic E-state index is -3.46. The maximum absolute atomic E-state index is 12.7. The summed E-state index contributed by atoms with van der Waals surface area (Å²) in [7, 11) is -3.46. The molecular formula is C16H26ClN3O4S2.